The molecule has 0 amide bonds. The van der Waals surface area contributed by atoms with Crippen molar-refractivity contribution >= 4 is 20.5 Å². The Kier molecular flexibility index (Phi) is 7.62. The molecule has 0 saturated carbocycles. The first-order valence-electron chi connectivity index (χ1n) is 11.4. The maximum atomic E-state index is 13.7. The van der Waals surface area contributed by atoms with Crippen LogP contribution in [0, 0.1) is 0 Å². The molecule has 0 saturated heterocycles. The molecule has 4 rings (SSSR count). The Morgan fingerprint density at radius 1 is 1.02 bits per heavy atom. The summed E-state index contributed by atoms with van der Waals surface area (Å²) in [5.74, 6) is -0.925. The van der Waals surface area contributed by atoms with Crippen LogP contribution in [0.15, 0.2) is 75.0 Å². The molecule has 0 radical (unpaired) electrons. The Balaban J connectivity index is 1.91. The standard InChI is InChI=1S/C25H19F7N4O3S/c1-3-40(38,33-2)20-10-16(14-5-4-6-18(9-14)39-25(31,32)23(26)27)12-34-21(20)36-22(37)19-11-17(24(28,29)30)8-7-15(19)13-35-36/h4-13,23H,3H2,1-2H3. The van der Waals surface area contributed by atoms with E-state index >= 15 is 0 Å². The van der Waals surface area contributed by atoms with Crippen LogP contribution in [0.3, 0.4) is 0 Å². The molecule has 0 aliphatic rings. The summed E-state index contributed by atoms with van der Waals surface area (Å²) in [6, 6.07) is 8.62. The normalized spacial score (nSPS) is 13.8. The van der Waals surface area contributed by atoms with Crippen molar-refractivity contribution in [2.45, 2.75) is 30.5 Å². The molecule has 0 spiro atoms. The molecule has 0 N–H and O–H groups in total. The number of rotatable bonds is 7. The van der Waals surface area contributed by atoms with E-state index in [0.717, 1.165) is 30.5 Å². The average Bonchev–Trinajstić information content (AvgIpc) is 2.92. The van der Waals surface area contributed by atoms with Crippen molar-refractivity contribution in [2.75, 3.05) is 12.8 Å². The van der Waals surface area contributed by atoms with Gasteiger partial charge in [0.05, 0.1) is 31.8 Å². The molecule has 2 heterocycles. The fourth-order valence-electron chi connectivity index (χ4n) is 3.78. The molecule has 4 aromatic rings. The van der Waals surface area contributed by atoms with Gasteiger partial charge in [0.25, 0.3) is 5.56 Å². The number of pyridine rings is 1. The van der Waals surface area contributed by atoms with Gasteiger partial charge in [-0.15, -0.1) is 0 Å². The fraction of sp³-hybridized carbons (Fsp3) is 0.240. The van der Waals surface area contributed by atoms with Gasteiger partial charge in [0, 0.05) is 29.9 Å². The molecule has 1 unspecified atom stereocenters. The predicted octanol–water partition coefficient (Wildman–Crippen LogP) is 6.18. The zero-order valence-corrected chi connectivity index (χ0v) is 21.4. The number of hydrogen-bond acceptors (Lipinski definition) is 6. The van der Waals surface area contributed by atoms with Crippen LogP contribution in [-0.4, -0.2) is 44.3 Å². The lowest BCUT2D eigenvalue weighted by molar-refractivity contribution is -0.253. The second-order valence-electron chi connectivity index (χ2n) is 8.31. The van der Waals surface area contributed by atoms with Gasteiger partial charge in [0.1, 0.15) is 5.75 Å². The first-order valence-corrected chi connectivity index (χ1v) is 13.1. The van der Waals surface area contributed by atoms with Crippen LogP contribution in [0.4, 0.5) is 30.7 Å². The van der Waals surface area contributed by atoms with Crippen molar-refractivity contribution in [1.82, 2.24) is 14.8 Å². The lowest BCUT2D eigenvalue weighted by Gasteiger charge is -2.18. The summed E-state index contributed by atoms with van der Waals surface area (Å²) in [5.41, 5.74) is -1.70. The molecule has 2 aromatic carbocycles. The SMILES string of the molecule is CCS(=O)(=NC)c1cc(-c2cccc(OC(F)(F)C(F)F)c2)cnc1-n1ncc2ccc(C(F)(F)F)cc2c1=O. The number of alkyl halides is 7. The first-order chi connectivity index (χ1) is 18.7. The van der Waals surface area contributed by atoms with Gasteiger partial charge in [-0.25, -0.2) is 13.6 Å². The van der Waals surface area contributed by atoms with Crippen LogP contribution < -0.4 is 10.3 Å². The molecule has 2 aromatic heterocycles. The summed E-state index contributed by atoms with van der Waals surface area (Å²) in [4.78, 5) is 17.3. The minimum atomic E-state index is -4.75. The summed E-state index contributed by atoms with van der Waals surface area (Å²) < 4.78 is 114. The molecule has 7 nitrogen and oxygen atoms in total. The van der Waals surface area contributed by atoms with Gasteiger partial charge in [0.2, 0.25) is 0 Å². The van der Waals surface area contributed by atoms with E-state index in [9.17, 15) is 39.7 Å². The van der Waals surface area contributed by atoms with Crippen molar-refractivity contribution in [3.8, 4) is 22.7 Å². The van der Waals surface area contributed by atoms with E-state index in [0.29, 0.717) is 10.7 Å². The van der Waals surface area contributed by atoms with Gasteiger partial charge in [-0.1, -0.05) is 25.1 Å². The maximum Gasteiger partial charge on any atom is 0.461 e. The zero-order chi connectivity index (χ0) is 29.5. The predicted molar refractivity (Wildman–Crippen MR) is 132 cm³/mol. The smallest absolute Gasteiger partial charge is 0.428 e. The monoisotopic (exact) mass is 588 g/mol. The first kappa shape index (κ1) is 29.0. The van der Waals surface area contributed by atoms with Crippen molar-refractivity contribution in [1.29, 1.82) is 0 Å². The second kappa shape index (κ2) is 10.5. The van der Waals surface area contributed by atoms with Crippen LogP contribution in [0.1, 0.15) is 12.5 Å². The molecule has 0 aliphatic heterocycles. The third-order valence-corrected chi connectivity index (χ3v) is 8.21. The van der Waals surface area contributed by atoms with E-state index in [1.54, 1.807) is 6.92 Å². The maximum absolute atomic E-state index is 13.7. The molecule has 0 fully saturated rings. The summed E-state index contributed by atoms with van der Waals surface area (Å²) in [6.07, 6.45) is -11.2. The lowest BCUT2D eigenvalue weighted by atomic mass is 10.1. The summed E-state index contributed by atoms with van der Waals surface area (Å²) in [5, 5.41) is 3.81. The molecule has 0 aliphatic carbocycles. The van der Waals surface area contributed by atoms with Gasteiger partial charge in [-0.05, 0) is 35.9 Å². The number of hydrogen-bond donors (Lipinski definition) is 0. The third kappa shape index (κ3) is 5.50. The lowest BCUT2D eigenvalue weighted by Crippen LogP contribution is -2.33. The highest BCUT2D eigenvalue weighted by Crippen LogP contribution is 2.33. The van der Waals surface area contributed by atoms with E-state index in [2.05, 4.69) is 19.2 Å². The van der Waals surface area contributed by atoms with Gasteiger partial charge in [-0.2, -0.15) is 40.5 Å². The van der Waals surface area contributed by atoms with Crippen molar-refractivity contribution in [3.63, 3.8) is 0 Å². The topological polar surface area (TPSA) is 86.4 Å². The van der Waals surface area contributed by atoms with Crippen molar-refractivity contribution in [2.24, 2.45) is 4.36 Å². The number of aromatic nitrogens is 3. The molecular formula is C25H19F7N4O3S. The minimum absolute atomic E-state index is 0.0635. The zero-order valence-electron chi connectivity index (χ0n) is 20.6. The highest BCUT2D eigenvalue weighted by Gasteiger charge is 2.44. The summed E-state index contributed by atoms with van der Waals surface area (Å²) in [6.45, 7) is 1.54. The number of nitrogens with zero attached hydrogens (tertiary/aromatic N) is 4. The Morgan fingerprint density at radius 2 is 1.75 bits per heavy atom. The van der Waals surface area contributed by atoms with Crippen LogP contribution in [0.25, 0.3) is 27.7 Å². The number of fused-ring (bicyclic) bond motifs is 1. The minimum Gasteiger partial charge on any atom is -0.428 e. The van der Waals surface area contributed by atoms with Crippen LogP contribution in [0.5, 0.6) is 5.75 Å². The Morgan fingerprint density at radius 3 is 2.38 bits per heavy atom. The highest BCUT2D eigenvalue weighted by atomic mass is 32.2. The van der Waals surface area contributed by atoms with Gasteiger partial charge in [-0.3, -0.25) is 4.79 Å². The summed E-state index contributed by atoms with van der Waals surface area (Å²) >= 11 is 0. The van der Waals surface area contributed by atoms with E-state index in [4.69, 9.17) is 0 Å². The van der Waals surface area contributed by atoms with E-state index in [1.807, 2.05) is 0 Å². The van der Waals surface area contributed by atoms with Gasteiger partial charge >= 0.3 is 18.7 Å². The number of benzene rings is 2. The Bertz CT molecular complexity index is 1760. The molecule has 212 valence electrons. The van der Waals surface area contributed by atoms with E-state index in [-0.39, 0.29) is 38.4 Å². The average molecular weight is 589 g/mol. The number of ether oxygens (including phenoxy) is 1. The largest absolute Gasteiger partial charge is 0.461 e. The van der Waals surface area contributed by atoms with Gasteiger partial charge < -0.3 is 4.74 Å². The molecule has 40 heavy (non-hydrogen) atoms. The second-order valence-corrected chi connectivity index (χ2v) is 11.0. The van der Waals surface area contributed by atoms with E-state index < -0.39 is 45.3 Å². The Hall–Kier alpha value is -4.01. The van der Waals surface area contributed by atoms with Gasteiger partial charge in [0.15, 0.2) is 5.82 Å². The van der Waals surface area contributed by atoms with Crippen LogP contribution in [0.2, 0.25) is 0 Å². The molecule has 15 heteroatoms. The van der Waals surface area contributed by atoms with Crippen LogP contribution in [-0.2, 0) is 15.9 Å². The van der Waals surface area contributed by atoms with Crippen molar-refractivity contribution < 1.29 is 39.7 Å². The molecular weight excluding hydrogens is 569 g/mol. The van der Waals surface area contributed by atoms with Crippen LogP contribution >= 0.6 is 0 Å². The quantitative estimate of drug-likeness (QED) is 0.241. The summed E-state index contributed by atoms with van der Waals surface area (Å²) in [7, 11) is -2.01. The third-order valence-electron chi connectivity index (χ3n) is 5.85. The van der Waals surface area contributed by atoms with Crippen molar-refractivity contribution in [3.05, 3.63) is 76.8 Å². The molecule has 0 bridgehead atoms. The Labute approximate surface area is 222 Å². The highest BCUT2D eigenvalue weighted by molar-refractivity contribution is 7.93. The van der Waals surface area contributed by atoms with E-state index in [1.165, 1.54) is 31.4 Å². The molecule has 1 atom stereocenters. The fourth-order valence-corrected chi connectivity index (χ4v) is 5.28. The number of halogens is 7.